The minimum atomic E-state index is -0.426. The zero-order valence-electron chi connectivity index (χ0n) is 15.3. The average molecular weight is 429 g/mol. The zero-order valence-corrected chi connectivity index (χ0v) is 16.9. The number of hydrogen-bond acceptors (Lipinski definition) is 3. The predicted molar refractivity (Wildman–Crippen MR) is 111 cm³/mol. The predicted octanol–water partition coefficient (Wildman–Crippen LogP) is 6.64. The van der Waals surface area contributed by atoms with Crippen LogP contribution >= 0.6 is 23.2 Å². The molecule has 1 heterocycles. The molecule has 4 rings (SSSR count). The fourth-order valence-electron chi connectivity index (χ4n) is 3.12. The van der Waals surface area contributed by atoms with Crippen molar-refractivity contribution in [3.8, 4) is 11.5 Å². The second kappa shape index (κ2) is 7.90. The van der Waals surface area contributed by atoms with E-state index in [2.05, 4.69) is 0 Å². The Morgan fingerprint density at radius 1 is 1.07 bits per heavy atom. The van der Waals surface area contributed by atoms with Crippen LogP contribution in [0.4, 0.5) is 4.39 Å². The molecule has 0 spiro atoms. The van der Waals surface area contributed by atoms with E-state index in [1.807, 2.05) is 0 Å². The minimum Gasteiger partial charge on any atom is -0.489 e. The van der Waals surface area contributed by atoms with Crippen molar-refractivity contribution < 1.29 is 18.7 Å². The highest BCUT2D eigenvalue weighted by molar-refractivity contribution is 6.35. The number of rotatable bonds is 4. The largest absolute Gasteiger partial charge is 0.489 e. The third-order valence-electron chi connectivity index (χ3n) is 4.58. The van der Waals surface area contributed by atoms with E-state index in [0.717, 1.165) is 0 Å². The number of aryl methyl sites for hydroxylation is 1. The van der Waals surface area contributed by atoms with Gasteiger partial charge in [-0.1, -0.05) is 47.5 Å². The van der Waals surface area contributed by atoms with E-state index in [1.165, 1.54) is 12.1 Å². The molecule has 0 atom stereocenters. The Bertz CT molecular complexity index is 1130. The highest BCUT2D eigenvalue weighted by Crippen LogP contribution is 2.38. The summed E-state index contributed by atoms with van der Waals surface area (Å²) in [5.74, 6) is 0.237. The number of carbonyl (C=O) groups is 1. The fourth-order valence-corrected chi connectivity index (χ4v) is 3.63. The minimum absolute atomic E-state index is 0.0690. The summed E-state index contributed by atoms with van der Waals surface area (Å²) in [7, 11) is 0. The molecule has 0 amide bonds. The van der Waals surface area contributed by atoms with Gasteiger partial charge in [-0.25, -0.2) is 4.39 Å². The van der Waals surface area contributed by atoms with Crippen LogP contribution in [0.15, 0.2) is 60.4 Å². The lowest BCUT2D eigenvalue weighted by Gasteiger charge is -2.11. The molecule has 0 N–H and O–H groups in total. The Morgan fingerprint density at radius 2 is 1.79 bits per heavy atom. The molecule has 3 aromatic rings. The van der Waals surface area contributed by atoms with Gasteiger partial charge in [-0.2, -0.15) is 0 Å². The van der Waals surface area contributed by atoms with Gasteiger partial charge in [0.2, 0.25) is 5.78 Å². The molecule has 0 unspecified atom stereocenters. The normalized spacial score (nSPS) is 14.1. The Kier molecular flexibility index (Phi) is 5.31. The van der Waals surface area contributed by atoms with Gasteiger partial charge in [-0.15, -0.1) is 0 Å². The van der Waals surface area contributed by atoms with Crippen LogP contribution in [0.2, 0.25) is 10.0 Å². The molecule has 0 aliphatic carbocycles. The molecule has 0 saturated carbocycles. The molecular weight excluding hydrogens is 414 g/mol. The Balaban J connectivity index is 1.60. The number of carbonyl (C=O) groups excluding carboxylic acids is 1. The van der Waals surface area contributed by atoms with Crippen LogP contribution in [0.5, 0.6) is 11.5 Å². The van der Waals surface area contributed by atoms with Crippen LogP contribution in [-0.4, -0.2) is 5.78 Å². The SMILES string of the molecule is Cc1cc(OCc2c(Cl)cccc2Cl)cc2c1C(=O)/C(=C/c1ccccc1F)O2. The van der Waals surface area contributed by atoms with Crippen molar-refractivity contribution in [2.75, 3.05) is 0 Å². The van der Waals surface area contributed by atoms with Crippen LogP contribution in [0.25, 0.3) is 6.08 Å². The summed E-state index contributed by atoms with van der Waals surface area (Å²) >= 11 is 12.4. The van der Waals surface area contributed by atoms with Gasteiger partial charge < -0.3 is 9.47 Å². The van der Waals surface area contributed by atoms with E-state index in [-0.39, 0.29) is 23.7 Å². The summed E-state index contributed by atoms with van der Waals surface area (Å²) in [4.78, 5) is 12.7. The molecular formula is C23H15Cl2FO3. The van der Waals surface area contributed by atoms with E-state index >= 15 is 0 Å². The smallest absolute Gasteiger partial charge is 0.232 e. The number of ether oxygens (including phenoxy) is 2. The first kappa shape index (κ1) is 19.5. The molecule has 6 heteroatoms. The molecule has 0 saturated heterocycles. The van der Waals surface area contributed by atoms with Gasteiger partial charge >= 0.3 is 0 Å². The van der Waals surface area contributed by atoms with Gasteiger partial charge in [0.1, 0.15) is 23.9 Å². The number of fused-ring (bicyclic) bond motifs is 1. The lowest BCUT2D eigenvalue weighted by molar-refractivity contribution is 0.101. The standard InChI is InChI=1S/C23H15Cl2FO3/c1-13-9-15(28-12-16-17(24)6-4-7-18(16)25)11-20-22(13)23(27)21(29-20)10-14-5-2-3-8-19(14)26/h2-11H,12H2,1H3/b21-10-. The number of benzene rings is 3. The first-order valence-electron chi connectivity index (χ1n) is 8.83. The zero-order chi connectivity index (χ0) is 20.5. The summed E-state index contributed by atoms with van der Waals surface area (Å²) in [6.45, 7) is 1.96. The Morgan fingerprint density at radius 3 is 2.52 bits per heavy atom. The maximum Gasteiger partial charge on any atom is 0.232 e. The van der Waals surface area contributed by atoms with Crippen LogP contribution in [0.3, 0.4) is 0 Å². The quantitative estimate of drug-likeness (QED) is 0.437. The third-order valence-corrected chi connectivity index (χ3v) is 5.29. The summed E-state index contributed by atoms with van der Waals surface area (Å²) < 4.78 is 25.5. The van der Waals surface area contributed by atoms with E-state index in [1.54, 1.807) is 55.5 Å². The second-order valence-electron chi connectivity index (χ2n) is 6.56. The van der Waals surface area contributed by atoms with Crippen LogP contribution in [0.1, 0.15) is 27.0 Å². The molecule has 0 fully saturated rings. The first-order valence-corrected chi connectivity index (χ1v) is 9.59. The van der Waals surface area contributed by atoms with Gasteiger partial charge in [0.15, 0.2) is 5.76 Å². The molecule has 1 aliphatic rings. The number of ketones is 1. The summed E-state index contributed by atoms with van der Waals surface area (Å²) in [5, 5.41) is 1.02. The van der Waals surface area contributed by atoms with Crippen molar-refractivity contribution in [2.24, 2.45) is 0 Å². The molecule has 3 aromatic carbocycles. The average Bonchev–Trinajstić information content (AvgIpc) is 2.99. The number of halogens is 3. The van der Waals surface area contributed by atoms with Crippen molar-refractivity contribution in [2.45, 2.75) is 13.5 Å². The van der Waals surface area contributed by atoms with Gasteiger partial charge in [-0.05, 0) is 42.8 Å². The molecule has 29 heavy (non-hydrogen) atoms. The number of allylic oxidation sites excluding steroid dienone is 1. The van der Waals surface area contributed by atoms with Crippen molar-refractivity contribution in [1.29, 1.82) is 0 Å². The molecule has 0 radical (unpaired) electrons. The molecule has 0 aromatic heterocycles. The summed E-state index contributed by atoms with van der Waals surface area (Å²) in [5.41, 5.74) is 2.10. The topological polar surface area (TPSA) is 35.5 Å². The van der Waals surface area contributed by atoms with Crippen molar-refractivity contribution >= 4 is 35.1 Å². The molecule has 146 valence electrons. The second-order valence-corrected chi connectivity index (χ2v) is 7.38. The lowest BCUT2D eigenvalue weighted by Crippen LogP contribution is -2.00. The molecule has 1 aliphatic heterocycles. The Labute approximate surface area is 177 Å². The molecule has 0 bridgehead atoms. The highest BCUT2D eigenvalue weighted by Gasteiger charge is 2.30. The van der Waals surface area contributed by atoms with Crippen LogP contribution < -0.4 is 9.47 Å². The Hall–Kier alpha value is -2.82. The monoisotopic (exact) mass is 428 g/mol. The van der Waals surface area contributed by atoms with Crippen LogP contribution in [0, 0.1) is 12.7 Å². The molecule has 3 nitrogen and oxygen atoms in total. The van der Waals surface area contributed by atoms with Crippen molar-refractivity contribution in [1.82, 2.24) is 0 Å². The van der Waals surface area contributed by atoms with Gasteiger partial charge in [0.25, 0.3) is 0 Å². The summed E-state index contributed by atoms with van der Waals surface area (Å²) in [6, 6.07) is 14.8. The van der Waals surface area contributed by atoms with Gasteiger partial charge in [0, 0.05) is 27.2 Å². The number of hydrogen-bond donors (Lipinski definition) is 0. The van der Waals surface area contributed by atoms with Gasteiger partial charge in [0.05, 0.1) is 5.56 Å². The first-order chi connectivity index (χ1) is 13.9. The van der Waals surface area contributed by atoms with Crippen molar-refractivity contribution in [3.05, 3.63) is 98.5 Å². The lowest BCUT2D eigenvalue weighted by atomic mass is 10.0. The van der Waals surface area contributed by atoms with E-state index < -0.39 is 5.82 Å². The maximum atomic E-state index is 13.9. The highest BCUT2D eigenvalue weighted by atomic mass is 35.5. The van der Waals surface area contributed by atoms with Gasteiger partial charge in [-0.3, -0.25) is 4.79 Å². The fraction of sp³-hybridized carbons (Fsp3) is 0.0870. The third kappa shape index (κ3) is 3.86. The van der Waals surface area contributed by atoms with Crippen LogP contribution in [-0.2, 0) is 6.61 Å². The van der Waals surface area contributed by atoms with E-state index in [4.69, 9.17) is 32.7 Å². The van der Waals surface area contributed by atoms with E-state index in [9.17, 15) is 9.18 Å². The summed E-state index contributed by atoms with van der Waals surface area (Å²) in [6.07, 6.45) is 1.40. The van der Waals surface area contributed by atoms with Crippen molar-refractivity contribution in [3.63, 3.8) is 0 Å². The van der Waals surface area contributed by atoms with E-state index in [0.29, 0.717) is 38.2 Å². The maximum absolute atomic E-state index is 13.9. The number of Topliss-reactive ketones (excluding diaryl/α,β-unsaturated/α-hetero) is 1.